The molecule has 0 heterocycles. The number of aliphatic hydroxyl groups is 1. The Labute approximate surface area is 236 Å². The topological polar surface area (TPSA) is 153 Å². The van der Waals surface area contributed by atoms with Gasteiger partial charge in [0.05, 0.1) is 23.6 Å². The lowest BCUT2D eigenvalue weighted by Crippen LogP contribution is -2.47. The maximum Gasteiger partial charge on any atom is 0.326 e. The summed E-state index contributed by atoms with van der Waals surface area (Å²) in [7, 11) is -2.28. The Morgan fingerprint density at radius 1 is 0.950 bits per heavy atom. The Morgan fingerprint density at radius 3 is 2.17 bits per heavy atom. The number of carbonyl (C=O) groups is 3. The van der Waals surface area contributed by atoms with E-state index in [2.05, 4.69) is 10.6 Å². The summed E-state index contributed by atoms with van der Waals surface area (Å²) in [6.45, 7) is 7.12. The number of hydrogen-bond donors (Lipinski definition) is 4. The molecule has 0 aliphatic carbocycles. The molecule has 0 saturated heterocycles. The van der Waals surface area contributed by atoms with Gasteiger partial charge in [0.1, 0.15) is 6.04 Å². The van der Waals surface area contributed by atoms with Crippen LogP contribution in [0.5, 0.6) is 0 Å². The number of benzene rings is 2. The molecule has 0 radical (unpaired) electrons. The molecule has 0 spiro atoms. The standard InChI is InChI=1S/C29H41N3O7S/c1-6-24(29(36)37)30-27(34)20(4)16-26(33)25(15-19(2)3)31-28(35)22-13-10-14-23(17-22)32(5)40(38,39)18-21-11-8-7-9-12-21/h7-14,17,19-20,24-26,33H,6,15-16,18H2,1-5H3,(H,30,34)(H,31,35)(H,36,37)/t20-,24+,25+,26+/m1/s1. The highest BCUT2D eigenvalue weighted by molar-refractivity contribution is 7.92. The van der Waals surface area contributed by atoms with E-state index in [0.29, 0.717) is 17.7 Å². The Hall–Kier alpha value is -3.44. The van der Waals surface area contributed by atoms with Crippen LogP contribution in [0.4, 0.5) is 5.69 Å². The van der Waals surface area contributed by atoms with Crippen LogP contribution in [0.15, 0.2) is 54.6 Å². The number of sulfonamides is 1. The number of hydrogen-bond acceptors (Lipinski definition) is 6. The third-order valence-electron chi connectivity index (χ3n) is 6.65. The highest BCUT2D eigenvalue weighted by atomic mass is 32.2. The van der Waals surface area contributed by atoms with Crippen LogP contribution in [0.3, 0.4) is 0 Å². The molecule has 220 valence electrons. The average molecular weight is 576 g/mol. The molecule has 2 aromatic rings. The van der Waals surface area contributed by atoms with Gasteiger partial charge in [-0.25, -0.2) is 13.2 Å². The minimum atomic E-state index is -3.71. The second-order valence-corrected chi connectivity index (χ2v) is 12.5. The van der Waals surface area contributed by atoms with Crippen molar-refractivity contribution < 1.29 is 33.0 Å². The summed E-state index contributed by atoms with van der Waals surface area (Å²) in [5, 5.41) is 25.5. The van der Waals surface area contributed by atoms with Crippen molar-refractivity contribution in [3.05, 3.63) is 65.7 Å². The minimum Gasteiger partial charge on any atom is -0.480 e. The second kappa shape index (κ2) is 14.8. The van der Waals surface area contributed by atoms with Gasteiger partial charge in [-0.3, -0.25) is 13.9 Å². The Balaban J connectivity index is 2.14. The van der Waals surface area contributed by atoms with Gasteiger partial charge >= 0.3 is 5.97 Å². The van der Waals surface area contributed by atoms with Gasteiger partial charge in [0.15, 0.2) is 0 Å². The van der Waals surface area contributed by atoms with Crippen molar-refractivity contribution >= 4 is 33.5 Å². The molecule has 0 saturated carbocycles. The summed E-state index contributed by atoms with van der Waals surface area (Å²) in [4.78, 5) is 37.0. The summed E-state index contributed by atoms with van der Waals surface area (Å²) in [6, 6.07) is 13.3. The van der Waals surface area contributed by atoms with Crippen molar-refractivity contribution in [3.8, 4) is 0 Å². The van der Waals surface area contributed by atoms with E-state index in [1.807, 2.05) is 19.9 Å². The van der Waals surface area contributed by atoms with Gasteiger partial charge in [0.2, 0.25) is 15.9 Å². The third-order valence-corrected chi connectivity index (χ3v) is 8.40. The fourth-order valence-corrected chi connectivity index (χ4v) is 5.49. The van der Waals surface area contributed by atoms with Crippen LogP contribution in [0.2, 0.25) is 0 Å². The van der Waals surface area contributed by atoms with Gasteiger partial charge in [-0.2, -0.15) is 0 Å². The van der Waals surface area contributed by atoms with Crippen molar-refractivity contribution in [2.24, 2.45) is 11.8 Å². The van der Waals surface area contributed by atoms with Gasteiger partial charge < -0.3 is 20.8 Å². The van der Waals surface area contributed by atoms with E-state index in [4.69, 9.17) is 0 Å². The number of nitrogens with one attached hydrogen (secondary N) is 2. The number of carboxylic acid groups (broad SMARTS) is 1. The maximum atomic E-state index is 13.2. The molecule has 4 N–H and O–H groups in total. The molecule has 2 rings (SSSR count). The number of carboxylic acids is 1. The number of carbonyl (C=O) groups excluding carboxylic acids is 2. The van der Waals surface area contributed by atoms with E-state index in [1.54, 1.807) is 56.3 Å². The summed E-state index contributed by atoms with van der Waals surface area (Å²) < 4.78 is 27.1. The zero-order chi connectivity index (χ0) is 30.0. The molecule has 0 aromatic heterocycles. The van der Waals surface area contributed by atoms with Crippen LogP contribution < -0.4 is 14.9 Å². The van der Waals surface area contributed by atoms with Gasteiger partial charge in [-0.15, -0.1) is 0 Å². The molecule has 11 heteroatoms. The van der Waals surface area contributed by atoms with E-state index in [0.717, 1.165) is 4.31 Å². The molecule has 0 aliphatic rings. The molecule has 2 aromatic carbocycles. The molecule has 4 atom stereocenters. The Morgan fingerprint density at radius 2 is 1.60 bits per heavy atom. The molecule has 0 bridgehead atoms. The number of aliphatic hydroxyl groups excluding tert-OH is 1. The molecule has 0 fully saturated rings. The second-order valence-electron chi connectivity index (χ2n) is 10.5. The molecule has 10 nitrogen and oxygen atoms in total. The third kappa shape index (κ3) is 9.63. The summed E-state index contributed by atoms with van der Waals surface area (Å²) in [5.41, 5.74) is 1.18. The predicted molar refractivity (Wildman–Crippen MR) is 154 cm³/mol. The lowest BCUT2D eigenvalue weighted by molar-refractivity contribution is -0.142. The van der Waals surface area contributed by atoms with Crippen molar-refractivity contribution in [3.63, 3.8) is 0 Å². The molecule has 2 amide bonds. The van der Waals surface area contributed by atoms with Gasteiger partial charge in [-0.1, -0.05) is 64.1 Å². The smallest absolute Gasteiger partial charge is 0.326 e. The van der Waals surface area contributed by atoms with E-state index in [1.165, 1.54) is 13.1 Å². The molecular weight excluding hydrogens is 534 g/mol. The van der Waals surface area contributed by atoms with Crippen molar-refractivity contribution in [2.45, 2.75) is 70.9 Å². The number of amides is 2. The molecule has 0 aliphatic heterocycles. The fraction of sp³-hybridized carbons (Fsp3) is 0.483. The van der Waals surface area contributed by atoms with Crippen LogP contribution in [0, 0.1) is 11.8 Å². The zero-order valence-corrected chi connectivity index (χ0v) is 24.5. The number of nitrogens with zero attached hydrogens (tertiary/aromatic N) is 1. The maximum absolute atomic E-state index is 13.2. The van der Waals surface area contributed by atoms with E-state index in [-0.39, 0.29) is 30.1 Å². The number of rotatable bonds is 15. The van der Waals surface area contributed by atoms with E-state index in [9.17, 15) is 33.0 Å². The van der Waals surface area contributed by atoms with Crippen LogP contribution in [-0.4, -0.2) is 61.6 Å². The monoisotopic (exact) mass is 575 g/mol. The first-order valence-corrected chi connectivity index (χ1v) is 15.0. The minimum absolute atomic E-state index is 0.0139. The molecule has 0 unspecified atom stereocenters. The Kier molecular flexibility index (Phi) is 12.1. The van der Waals surface area contributed by atoms with Crippen LogP contribution in [0.25, 0.3) is 0 Å². The number of anilines is 1. The first-order chi connectivity index (χ1) is 18.7. The Bertz CT molecular complexity index is 1250. The van der Waals surface area contributed by atoms with Gasteiger partial charge in [-0.05, 0) is 48.9 Å². The van der Waals surface area contributed by atoms with Crippen LogP contribution in [-0.2, 0) is 25.4 Å². The summed E-state index contributed by atoms with van der Waals surface area (Å²) >= 11 is 0. The normalized spacial score (nSPS) is 14.6. The highest BCUT2D eigenvalue weighted by Crippen LogP contribution is 2.22. The quantitative estimate of drug-likeness (QED) is 0.254. The van der Waals surface area contributed by atoms with Crippen LogP contribution >= 0.6 is 0 Å². The average Bonchev–Trinajstić information content (AvgIpc) is 2.90. The SMILES string of the molecule is CC[C@H](NC(=O)[C@H](C)C[C@H](O)[C@H](CC(C)C)NC(=O)c1cccc(N(C)S(=O)(=O)Cc2ccccc2)c1)C(=O)O. The summed E-state index contributed by atoms with van der Waals surface area (Å²) in [6.07, 6.45) is -0.405. The molecular formula is C29H41N3O7S. The first kappa shape index (κ1) is 32.8. The predicted octanol–water partition coefficient (Wildman–Crippen LogP) is 3.16. The zero-order valence-electron chi connectivity index (χ0n) is 23.7. The fourth-order valence-electron chi connectivity index (χ4n) is 4.24. The highest BCUT2D eigenvalue weighted by Gasteiger charge is 2.29. The van der Waals surface area contributed by atoms with Crippen molar-refractivity contribution in [1.82, 2.24) is 10.6 Å². The van der Waals surface area contributed by atoms with Gasteiger partial charge in [0.25, 0.3) is 5.91 Å². The summed E-state index contributed by atoms with van der Waals surface area (Å²) in [5.74, 6) is -2.89. The largest absolute Gasteiger partial charge is 0.480 e. The van der Waals surface area contributed by atoms with Crippen LogP contribution in [0.1, 0.15) is 62.9 Å². The molecule has 40 heavy (non-hydrogen) atoms. The number of aliphatic carboxylic acids is 1. The lowest BCUT2D eigenvalue weighted by Gasteiger charge is -2.28. The first-order valence-electron chi connectivity index (χ1n) is 13.4. The van der Waals surface area contributed by atoms with Crippen molar-refractivity contribution in [1.29, 1.82) is 0 Å². The lowest BCUT2D eigenvalue weighted by atomic mass is 9.92. The van der Waals surface area contributed by atoms with Gasteiger partial charge in [0, 0.05) is 18.5 Å². The van der Waals surface area contributed by atoms with Crippen molar-refractivity contribution in [2.75, 3.05) is 11.4 Å². The van der Waals surface area contributed by atoms with E-state index < -0.39 is 51.9 Å². The van der Waals surface area contributed by atoms with E-state index >= 15 is 0 Å².